The molecule has 1 atom stereocenters. The molecule has 0 aromatic rings. The number of aliphatic imine (C=N–C) groups is 1. The van der Waals surface area contributed by atoms with E-state index in [2.05, 4.69) is 20.5 Å². The zero-order valence-electron chi connectivity index (χ0n) is 16.4. The summed E-state index contributed by atoms with van der Waals surface area (Å²) in [5, 5.41) is 6.28. The predicted octanol–water partition coefficient (Wildman–Crippen LogP) is 2.59. The van der Waals surface area contributed by atoms with Crippen molar-refractivity contribution in [2.75, 3.05) is 33.3 Å². The normalized spacial score (nSPS) is 18.1. The molecule has 1 fully saturated rings. The van der Waals surface area contributed by atoms with Gasteiger partial charge >= 0.3 is 6.09 Å². The smallest absolute Gasteiger partial charge is 0.407 e. The molecule has 1 rings (SSSR count). The largest absolute Gasteiger partial charge is 0.444 e. The van der Waals surface area contributed by atoms with Crippen molar-refractivity contribution < 1.29 is 14.3 Å². The summed E-state index contributed by atoms with van der Waals surface area (Å²) < 4.78 is 10.8. The molecule has 1 saturated heterocycles. The Morgan fingerprint density at radius 3 is 2.60 bits per heavy atom. The summed E-state index contributed by atoms with van der Waals surface area (Å²) >= 11 is 0. The van der Waals surface area contributed by atoms with Gasteiger partial charge in [-0.2, -0.15) is 0 Å². The second kappa shape index (κ2) is 11.8. The van der Waals surface area contributed by atoms with E-state index in [0.29, 0.717) is 0 Å². The van der Waals surface area contributed by atoms with Crippen molar-refractivity contribution in [3.05, 3.63) is 0 Å². The van der Waals surface area contributed by atoms with Gasteiger partial charge in [0.05, 0.1) is 12.1 Å². The molecular formula is C17H35IN4O3. The summed E-state index contributed by atoms with van der Waals surface area (Å²) in [6, 6.07) is 0.0858. The highest BCUT2D eigenvalue weighted by molar-refractivity contribution is 14.0. The zero-order chi connectivity index (χ0) is 18.2. The number of nitrogens with zero attached hydrogens (tertiary/aromatic N) is 2. The number of ether oxygens (including phenoxy) is 2. The minimum Gasteiger partial charge on any atom is -0.444 e. The van der Waals surface area contributed by atoms with Crippen molar-refractivity contribution in [1.82, 2.24) is 15.5 Å². The van der Waals surface area contributed by atoms with Crippen molar-refractivity contribution in [2.45, 2.75) is 65.2 Å². The number of guanidine groups is 1. The molecule has 1 aliphatic heterocycles. The third-order valence-electron chi connectivity index (χ3n) is 3.48. The number of halogens is 1. The van der Waals surface area contributed by atoms with E-state index in [1.807, 2.05) is 34.6 Å². The van der Waals surface area contributed by atoms with Crippen LogP contribution in [0.1, 0.15) is 47.5 Å². The summed E-state index contributed by atoms with van der Waals surface area (Å²) in [7, 11) is 1.78. The maximum absolute atomic E-state index is 11.8. The van der Waals surface area contributed by atoms with E-state index >= 15 is 0 Å². The van der Waals surface area contributed by atoms with Crippen LogP contribution in [0.15, 0.2) is 4.99 Å². The molecule has 0 saturated carbocycles. The van der Waals surface area contributed by atoms with Crippen LogP contribution >= 0.6 is 24.0 Å². The summed E-state index contributed by atoms with van der Waals surface area (Å²) in [5.74, 6) is 0.869. The van der Waals surface area contributed by atoms with Gasteiger partial charge in [-0.15, -0.1) is 24.0 Å². The lowest BCUT2D eigenvalue weighted by molar-refractivity contribution is 0.0507. The number of amides is 1. The van der Waals surface area contributed by atoms with E-state index in [0.717, 1.165) is 45.0 Å². The average molecular weight is 470 g/mol. The van der Waals surface area contributed by atoms with Crippen molar-refractivity contribution in [1.29, 1.82) is 0 Å². The molecule has 0 radical (unpaired) electrons. The van der Waals surface area contributed by atoms with Crippen molar-refractivity contribution in [3.8, 4) is 0 Å². The van der Waals surface area contributed by atoms with Crippen LogP contribution in [0.4, 0.5) is 4.79 Å². The Kier molecular flexibility index (Phi) is 11.4. The summed E-state index contributed by atoms with van der Waals surface area (Å²) in [5.41, 5.74) is -0.474. The number of carbonyl (C=O) groups excluding carboxylic acids is 1. The first kappa shape index (κ1) is 24.2. The van der Waals surface area contributed by atoms with Crippen molar-refractivity contribution in [3.63, 3.8) is 0 Å². The van der Waals surface area contributed by atoms with Gasteiger partial charge in [-0.1, -0.05) is 0 Å². The molecule has 0 aromatic carbocycles. The fourth-order valence-corrected chi connectivity index (χ4v) is 2.47. The third kappa shape index (κ3) is 10.7. The predicted molar refractivity (Wildman–Crippen MR) is 112 cm³/mol. The highest BCUT2D eigenvalue weighted by Gasteiger charge is 2.27. The topological polar surface area (TPSA) is 75.2 Å². The summed E-state index contributed by atoms with van der Waals surface area (Å²) in [6.07, 6.45) is 1.73. The Bertz CT molecular complexity index is 425. The van der Waals surface area contributed by atoms with Crippen LogP contribution in [0, 0.1) is 0 Å². The Morgan fingerprint density at radius 1 is 1.36 bits per heavy atom. The highest BCUT2D eigenvalue weighted by Crippen LogP contribution is 2.12. The van der Waals surface area contributed by atoms with Crippen molar-refractivity contribution >= 4 is 36.0 Å². The number of hydrogen-bond acceptors (Lipinski definition) is 4. The molecule has 7 nitrogen and oxygen atoms in total. The van der Waals surface area contributed by atoms with Crippen LogP contribution in [-0.4, -0.2) is 68.0 Å². The molecule has 0 aromatic heterocycles. The average Bonchev–Trinajstić information content (AvgIpc) is 2.88. The lowest BCUT2D eigenvalue weighted by atomic mass is 10.2. The third-order valence-corrected chi connectivity index (χ3v) is 3.48. The fourth-order valence-electron chi connectivity index (χ4n) is 2.47. The lowest BCUT2D eigenvalue weighted by Gasteiger charge is -2.23. The monoisotopic (exact) mass is 470 g/mol. The molecular weight excluding hydrogens is 435 g/mol. The molecule has 2 N–H and O–H groups in total. The molecule has 0 bridgehead atoms. The number of hydrogen-bond donors (Lipinski definition) is 2. The number of alkyl carbamates (subject to hydrolysis) is 1. The SMILES string of the molecule is CN=C(NCCCOC(C)C)N1CCC(NC(=O)OC(C)(C)C)C1.I. The fraction of sp³-hybridized carbons (Fsp3) is 0.882. The van der Waals surface area contributed by atoms with Gasteiger partial charge in [0.15, 0.2) is 5.96 Å². The quantitative estimate of drug-likeness (QED) is 0.270. The number of carbonyl (C=O) groups is 1. The number of likely N-dealkylation sites (tertiary alicyclic amines) is 1. The van der Waals surface area contributed by atoms with E-state index in [9.17, 15) is 4.79 Å². The van der Waals surface area contributed by atoms with E-state index in [1.54, 1.807) is 7.05 Å². The zero-order valence-corrected chi connectivity index (χ0v) is 18.8. The molecule has 25 heavy (non-hydrogen) atoms. The van der Waals surface area contributed by atoms with E-state index in [4.69, 9.17) is 9.47 Å². The molecule has 148 valence electrons. The van der Waals surface area contributed by atoms with E-state index in [1.165, 1.54) is 0 Å². The van der Waals surface area contributed by atoms with Crippen LogP contribution in [0.5, 0.6) is 0 Å². The van der Waals surface area contributed by atoms with E-state index in [-0.39, 0.29) is 42.2 Å². The standard InChI is InChI=1S/C17H34N4O3.HI/c1-13(2)23-11-7-9-19-15(18-6)21-10-8-14(12-21)20-16(22)24-17(3,4)5;/h13-14H,7-12H2,1-6H3,(H,18,19)(H,20,22);1H. The number of nitrogens with one attached hydrogen (secondary N) is 2. The molecule has 1 aliphatic rings. The lowest BCUT2D eigenvalue weighted by Crippen LogP contribution is -2.44. The van der Waals surface area contributed by atoms with Gasteiger partial charge in [-0.25, -0.2) is 4.79 Å². The van der Waals surface area contributed by atoms with Gasteiger partial charge in [0.25, 0.3) is 0 Å². The Balaban J connectivity index is 0.00000576. The van der Waals surface area contributed by atoms with Crippen LogP contribution in [0.2, 0.25) is 0 Å². The van der Waals surface area contributed by atoms with Gasteiger partial charge in [-0.3, -0.25) is 4.99 Å². The molecule has 1 amide bonds. The second-order valence-corrected chi connectivity index (χ2v) is 7.32. The Labute approximate surface area is 169 Å². The molecule has 0 spiro atoms. The first-order valence-electron chi connectivity index (χ1n) is 8.78. The molecule has 1 heterocycles. The Morgan fingerprint density at radius 2 is 2.04 bits per heavy atom. The van der Waals surface area contributed by atoms with Crippen LogP contribution in [0.3, 0.4) is 0 Å². The van der Waals surface area contributed by atoms with E-state index < -0.39 is 5.60 Å². The first-order valence-corrected chi connectivity index (χ1v) is 8.78. The minimum absolute atomic E-state index is 0. The van der Waals surface area contributed by atoms with Crippen molar-refractivity contribution in [2.24, 2.45) is 4.99 Å². The van der Waals surface area contributed by atoms with Crippen LogP contribution in [0.25, 0.3) is 0 Å². The van der Waals surface area contributed by atoms with Gasteiger partial charge < -0.3 is 25.0 Å². The second-order valence-electron chi connectivity index (χ2n) is 7.32. The summed E-state index contributed by atoms with van der Waals surface area (Å²) in [6.45, 7) is 12.8. The maximum atomic E-state index is 11.8. The summed E-state index contributed by atoms with van der Waals surface area (Å²) in [4.78, 5) is 18.3. The van der Waals surface area contributed by atoms with Gasteiger partial charge in [-0.05, 0) is 47.5 Å². The van der Waals surface area contributed by atoms with Crippen LogP contribution < -0.4 is 10.6 Å². The molecule has 0 aliphatic carbocycles. The number of rotatable bonds is 6. The van der Waals surface area contributed by atoms with Gasteiger partial charge in [0.1, 0.15) is 5.60 Å². The van der Waals surface area contributed by atoms with Gasteiger partial charge in [0, 0.05) is 33.3 Å². The van der Waals surface area contributed by atoms with Crippen LogP contribution in [-0.2, 0) is 9.47 Å². The molecule has 1 unspecified atom stereocenters. The maximum Gasteiger partial charge on any atom is 0.407 e. The van der Waals surface area contributed by atoms with Gasteiger partial charge in [0.2, 0.25) is 0 Å². The Hall–Kier alpha value is -0.770. The minimum atomic E-state index is -0.474. The first-order chi connectivity index (χ1) is 11.2. The highest BCUT2D eigenvalue weighted by atomic mass is 127. The molecule has 8 heteroatoms.